The van der Waals surface area contributed by atoms with Crippen LogP contribution in [-0.2, 0) is 6.54 Å². The van der Waals surface area contributed by atoms with Crippen molar-refractivity contribution < 1.29 is 0 Å². The molecule has 16 heavy (non-hydrogen) atoms. The molecule has 82 valence electrons. The maximum absolute atomic E-state index is 11.4. The van der Waals surface area contributed by atoms with Crippen LogP contribution in [0, 0.1) is 6.92 Å². The van der Waals surface area contributed by atoms with E-state index in [1.165, 1.54) is 0 Å². The van der Waals surface area contributed by atoms with E-state index in [0.717, 1.165) is 11.1 Å². The first-order chi connectivity index (χ1) is 7.65. The second kappa shape index (κ2) is 4.14. The Kier molecular flexibility index (Phi) is 2.68. The molecular formula is C11H12N4O. The van der Waals surface area contributed by atoms with Gasteiger partial charge in [-0.3, -0.25) is 4.57 Å². The molecule has 0 radical (unpaired) electrons. The fourth-order valence-electron chi connectivity index (χ4n) is 1.40. The van der Waals surface area contributed by atoms with Crippen LogP contribution in [0.3, 0.4) is 0 Å². The topological polar surface area (TPSA) is 73.8 Å². The Labute approximate surface area is 92.6 Å². The van der Waals surface area contributed by atoms with Crippen molar-refractivity contribution in [2.24, 2.45) is 0 Å². The number of aromatic nitrogens is 3. The Morgan fingerprint density at radius 3 is 2.81 bits per heavy atom. The summed E-state index contributed by atoms with van der Waals surface area (Å²) in [6.45, 7) is 2.35. The van der Waals surface area contributed by atoms with Crippen molar-refractivity contribution in [3.63, 3.8) is 0 Å². The Bertz CT molecular complexity index is 545. The first-order valence-corrected chi connectivity index (χ1v) is 4.88. The highest BCUT2D eigenvalue weighted by Gasteiger charge is 1.99. The lowest BCUT2D eigenvalue weighted by molar-refractivity contribution is 0.719. The van der Waals surface area contributed by atoms with Gasteiger partial charge in [-0.25, -0.2) is 14.8 Å². The molecule has 0 spiro atoms. The van der Waals surface area contributed by atoms with Gasteiger partial charge in [0.05, 0.1) is 6.54 Å². The van der Waals surface area contributed by atoms with Crippen LogP contribution >= 0.6 is 0 Å². The van der Waals surface area contributed by atoms with E-state index in [0.29, 0.717) is 12.4 Å². The molecule has 0 aliphatic carbocycles. The Hall–Kier alpha value is -2.17. The van der Waals surface area contributed by atoms with E-state index in [4.69, 9.17) is 5.73 Å². The van der Waals surface area contributed by atoms with Crippen LogP contribution in [0.5, 0.6) is 0 Å². The molecule has 0 atom stereocenters. The Morgan fingerprint density at radius 2 is 2.12 bits per heavy atom. The van der Waals surface area contributed by atoms with E-state index < -0.39 is 0 Å². The SMILES string of the molecule is Cc1cnc(=O)n(Cc2ccc(N)nc2)c1. The van der Waals surface area contributed by atoms with E-state index in [-0.39, 0.29) is 5.69 Å². The zero-order chi connectivity index (χ0) is 11.5. The van der Waals surface area contributed by atoms with Crippen LogP contribution < -0.4 is 11.4 Å². The van der Waals surface area contributed by atoms with Gasteiger partial charge in [0, 0.05) is 18.6 Å². The standard InChI is InChI=1S/C11H12N4O/c1-8-4-14-11(16)15(6-8)7-9-2-3-10(12)13-5-9/h2-6H,7H2,1H3,(H2,12,13). The summed E-state index contributed by atoms with van der Waals surface area (Å²) in [6.07, 6.45) is 4.98. The second-order valence-corrected chi connectivity index (χ2v) is 3.63. The molecule has 0 aromatic carbocycles. The summed E-state index contributed by atoms with van der Waals surface area (Å²) < 4.78 is 1.54. The molecule has 0 amide bonds. The molecule has 0 unspecified atom stereocenters. The molecule has 2 aromatic rings. The largest absolute Gasteiger partial charge is 0.384 e. The minimum atomic E-state index is -0.262. The zero-order valence-electron chi connectivity index (χ0n) is 8.92. The molecule has 0 aliphatic heterocycles. The van der Waals surface area contributed by atoms with Gasteiger partial charge in [0.15, 0.2) is 0 Å². The van der Waals surface area contributed by atoms with Gasteiger partial charge < -0.3 is 5.73 Å². The fourth-order valence-corrected chi connectivity index (χ4v) is 1.40. The highest BCUT2D eigenvalue weighted by atomic mass is 16.1. The third-order valence-corrected chi connectivity index (χ3v) is 2.18. The fraction of sp³-hybridized carbons (Fsp3) is 0.182. The first-order valence-electron chi connectivity index (χ1n) is 4.88. The normalized spacial score (nSPS) is 10.3. The second-order valence-electron chi connectivity index (χ2n) is 3.63. The summed E-state index contributed by atoms with van der Waals surface area (Å²) in [5.41, 5.74) is 7.09. The molecule has 2 N–H and O–H groups in total. The van der Waals surface area contributed by atoms with Crippen molar-refractivity contribution in [2.75, 3.05) is 5.73 Å². The molecule has 0 saturated heterocycles. The Morgan fingerprint density at radius 1 is 1.31 bits per heavy atom. The molecular weight excluding hydrogens is 204 g/mol. The molecule has 0 bridgehead atoms. The van der Waals surface area contributed by atoms with Crippen LogP contribution in [0.4, 0.5) is 5.82 Å². The minimum Gasteiger partial charge on any atom is -0.384 e. The van der Waals surface area contributed by atoms with Gasteiger partial charge in [0.25, 0.3) is 0 Å². The van der Waals surface area contributed by atoms with Gasteiger partial charge in [-0.1, -0.05) is 6.07 Å². The highest BCUT2D eigenvalue weighted by molar-refractivity contribution is 5.29. The average molecular weight is 216 g/mol. The third-order valence-electron chi connectivity index (χ3n) is 2.18. The van der Waals surface area contributed by atoms with Gasteiger partial charge in [-0.15, -0.1) is 0 Å². The van der Waals surface area contributed by atoms with Crippen molar-refractivity contribution in [3.05, 3.63) is 52.3 Å². The third kappa shape index (κ3) is 2.25. The van der Waals surface area contributed by atoms with Crippen molar-refractivity contribution in [1.82, 2.24) is 14.5 Å². The summed E-state index contributed by atoms with van der Waals surface area (Å²) in [7, 11) is 0. The maximum Gasteiger partial charge on any atom is 0.347 e. The van der Waals surface area contributed by atoms with Gasteiger partial charge in [-0.2, -0.15) is 0 Å². The maximum atomic E-state index is 11.4. The number of aryl methyl sites for hydroxylation is 1. The van der Waals surface area contributed by atoms with E-state index >= 15 is 0 Å². The quantitative estimate of drug-likeness (QED) is 0.796. The van der Waals surface area contributed by atoms with Crippen molar-refractivity contribution >= 4 is 5.82 Å². The zero-order valence-corrected chi connectivity index (χ0v) is 8.92. The molecule has 0 fully saturated rings. The summed E-state index contributed by atoms with van der Waals surface area (Å²) in [6, 6.07) is 3.56. The lowest BCUT2D eigenvalue weighted by Crippen LogP contribution is -2.22. The van der Waals surface area contributed by atoms with E-state index in [2.05, 4.69) is 9.97 Å². The van der Waals surface area contributed by atoms with Crippen molar-refractivity contribution in [3.8, 4) is 0 Å². The van der Waals surface area contributed by atoms with Crippen LogP contribution in [0.25, 0.3) is 0 Å². The molecule has 2 aromatic heterocycles. The van der Waals surface area contributed by atoms with E-state index in [1.54, 1.807) is 29.2 Å². The molecule has 5 nitrogen and oxygen atoms in total. The monoisotopic (exact) mass is 216 g/mol. The lowest BCUT2D eigenvalue weighted by atomic mass is 10.3. The highest BCUT2D eigenvalue weighted by Crippen LogP contribution is 2.02. The van der Waals surface area contributed by atoms with E-state index in [1.807, 2.05) is 13.0 Å². The average Bonchev–Trinajstić information content (AvgIpc) is 2.27. The van der Waals surface area contributed by atoms with Crippen LogP contribution in [0.1, 0.15) is 11.1 Å². The number of hydrogen-bond acceptors (Lipinski definition) is 4. The molecule has 2 rings (SSSR count). The van der Waals surface area contributed by atoms with Crippen LogP contribution in [-0.4, -0.2) is 14.5 Å². The van der Waals surface area contributed by atoms with Crippen LogP contribution in [0.2, 0.25) is 0 Å². The van der Waals surface area contributed by atoms with Crippen molar-refractivity contribution in [1.29, 1.82) is 0 Å². The predicted octanol–water partition coefficient (Wildman–Crippen LogP) is 0.577. The van der Waals surface area contributed by atoms with Gasteiger partial charge in [0.1, 0.15) is 5.82 Å². The summed E-state index contributed by atoms with van der Waals surface area (Å²) in [5, 5.41) is 0. The van der Waals surface area contributed by atoms with Crippen molar-refractivity contribution in [2.45, 2.75) is 13.5 Å². The molecule has 0 saturated carbocycles. The van der Waals surface area contributed by atoms with Gasteiger partial charge >= 0.3 is 5.69 Å². The number of pyridine rings is 1. The number of anilines is 1. The van der Waals surface area contributed by atoms with E-state index in [9.17, 15) is 4.79 Å². The first kappa shape index (κ1) is 10.4. The van der Waals surface area contributed by atoms with Gasteiger partial charge in [0.2, 0.25) is 0 Å². The number of rotatable bonds is 2. The van der Waals surface area contributed by atoms with Gasteiger partial charge in [-0.05, 0) is 24.1 Å². The molecule has 2 heterocycles. The van der Waals surface area contributed by atoms with Crippen LogP contribution in [0.15, 0.2) is 35.5 Å². The molecule has 0 aliphatic rings. The Balaban J connectivity index is 2.30. The summed E-state index contributed by atoms with van der Waals surface area (Å²) >= 11 is 0. The lowest BCUT2D eigenvalue weighted by Gasteiger charge is -2.05. The minimum absolute atomic E-state index is 0.262. The number of hydrogen-bond donors (Lipinski definition) is 1. The number of nitrogens with zero attached hydrogens (tertiary/aromatic N) is 3. The number of nitrogen functional groups attached to an aromatic ring is 1. The predicted molar refractivity (Wildman–Crippen MR) is 61.0 cm³/mol. The number of nitrogens with two attached hydrogens (primary N) is 1. The summed E-state index contributed by atoms with van der Waals surface area (Å²) in [4.78, 5) is 19.2. The smallest absolute Gasteiger partial charge is 0.347 e. The summed E-state index contributed by atoms with van der Waals surface area (Å²) in [5.74, 6) is 0.471. The molecule has 5 heteroatoms.